The van der Waals surface area contributed by atoms with Crippen LogP contribution in [0.3, 0.4) is 0 Å². The van der Waals surface area contributed by atoms with Gasteiger partial charge in [-0.15, -0.1) is 0 Å². The van der Waals surface area contributed by atoms with Gasteiger partial charge in [0.25, 0.3) is 5.91 Å². The molecule has 1 saturated heterocycles. The third-order valence-corrected chi connectivity index (χ3v) is 4.87. The van der Waals surface area contributed by atoms with Crippen molar-refractivity contribution in [1.29, 1.82) is 0 Å². The summed E-state index contributed by atoms with van der Waals surface area (Å²) in [6.07, 6.45) is 3.66. The predicted octanol–water partition coefficient (Wildman–Crippen LogP) is 2.14. The first-order valence-electron chi connectivity index (χ1n) is 8.39. The Kier molecular flexibility index (Phi) is 4.99. The summed E-state index contributed by atoms with van der Waals surface area (Å²) in [4.78, 5) is 18.0. The van der Waals surface area contributed by atoms with Crippen LogP contribution in [0.1, 0.15) is 28.8 Å². The van der Waals surface area contributed by atoms with Gasteiger partial charge >= 0.3 is 0 Å². The third-order valence-electron chi connectivity index (χ3n) is 4.87. The van der Waals surface area contributed by atoms with Gasteiger partial charge in [0.05, 0.1) is 12.2 Å². The smallest absolute Gasteiger partial charge is 0.252 e. The van der Waals surface area contributed by atoms with Gasteiger partial charge in [0.2, 0.25) is 0 Å². The lowest BCUT2D eigenvalue weighted by atomic mass is 9.75. The molecule has 1 amide bonds. The number of rotatable bonds is 5. The molecule has 2 aromatic rings. The number of benzene rings is 1. The molecule has 1 aromatic carbocycles. The van der Waals surface area contributed by atoms with Crippen LogP contribution in [-0.2, 0) is 6.42 Å². The van der Waals surface area contributed by atoms with Crippen molar-refractivity contribution >= 4 is 11.7 Å². The highest BCUT2D eigenvalue weighted by Crippen LogP contribution is 2.36. The van der Waals surface area contributed by atoms with Crippen molar-refractivity contribution in [1.82, 2.24) is 4.98 Å². The van der Waals surface area contributed by atoms with E-state index in [0.717, 1.165) is 19.4 Å². The lowest BCUT2D eigenvalue weighted by molar-refractivity contribution is 0.0993. The molecule has 0 spiro atoms. The van der Waals surface area contributed by atoms with E-state index >= 15 is 0 Å². The normalized spacial score (nSPS) is 20.5. The predicted molar refractivity (Wildman–Crippen MR) is 93.8 cm³/mol. The SMILES string of the molecule is NC(=O)c1cccnc1N1CCCC(CO)(Cc2ccccc2F)C1. The molecule has 0 bridgehead atoms. The number of primary amides is 1. The van der Waals surface area contributed by atoms with Gasteiger partial charge in [-0.3, -0.25) is 4.79 Å². The number of piperidine rings is 1. The van der Waals surface area contributed by atoms with Crippen LogP contribution >= 0.6 is 0 Å². The first-order valence-corrected chi connectivity index (χ1v) is 8.39. The molecule has 0 aliphatic carbocycles. The van der Waals surface area contributed by atoms with Gasteiger partial charge in [0, 0.05) is 24.7 Å². The van der Waals surface area contributed by atoms with Gasteiger partial charge in [-0.05, 0) is 43.0 Å². The number of pyridine rings is 1. The van der Waals surface area contributed by atoms with E-state index in [0.29, 0.717) is 29.9 Å². The number of carbonyl (C=O) groups is 1. The summed E-state index contributed by atoms with van der Waals surface area (Å²) < 4.78 is 14.1. The highest BCUT2D eigenvalue weighted by molar-refractivity contribution is 5.97. The van der Waals surface area contributed by atoms with Crippen LogP contribution in [-0.4, -0.2) is 35.7 Å². The fourth-order valence-corrected chi connectivity index (χ4v) is 3.60. The van der Waals surface area contributed by atoms with Gasteiger partial charge in [-0.1, -0.05) is 18.2 Å². The standard InChI is InChI=1S/C19H22FN3O2/c20-16-7-2-1-5-14(16)11-19(13-24)8-4-10-23(12-19)18-15(17(21)25)6-3-9-22-18/h1-3,5-7,9,24H,4,8,10-13H2,(H2,21,25). The molecule has 5 nitrogen and oxygen atoms in total. The summed E-state index contributed by atoms with van der Waals surface area (Å²) in [5, 5.41) is 10.1. The number of hydrogen-bond acceptors (Lipinski definition) is 4. The minimum Gasteiger partial charge on any atom is -0.396 e. The van der Waals surface area contributed by atoms with E-state index in [2.05, 4.69) is 4.98 Å². The maximum absolute atomic E-state index is 14.1. The van der Waals surface area contributed by atoms with Crippen LogP contribution in [0.4, 0.5) is 10.2 Å². The summed E-state index contributed by atoms with van der Waals surface area (Å²) in [7, 11) is 0. The zero-order chi connectivity index (χ0) is 17.9. The van der Waals surface area contributed by atoms with Crippen molar-refractivity contribution in [2.24, 2.45) is 11.1 Å². The maximum Gasteiger partial charge on any atom is 0.252 e. The topological polar surface area (TPSA) is 79.5 Å². The summed E-state index contributed by atoms with van der Waals surface area (Å²) >= 11 is 0. The molecule has 132 valence electrons. The molecule has 0 saturated carbocycles. The van der Waals surface area contributed by atoms with Gasteiger partial charge in [-0.25, -0.2) is 9.37 Å². The van der Waals surface area contributed by atoms with Crippen LogP contribution in [0.15, 0.2) is 42.6 Å². The summed E-state index contributed by atoms with van der Waals surface area (Å²) in [5.74, 6) is -0.262. The van der Waals surface area contributed by atoms with Crippen molar-refractivity contribution in [3.05, 3.63) is 59.5 Å². The second kappa shape index (κ2) is 7.19. The molecule has 1 unspecified atom stereocenters. The van der Waals surface area contributed by atoms with Gasteiger partial charge in [-0.2, -0.15) is 0 Å². The molecule has 2 heterocycles. The van der Waals surface area contributed by atoms with Crippen LogP contribution in [0, 0.1) is 11.2 Å². The van der Waals surface area contributed by atoms with Crippen molar-refractivity contribution < 1.29 is 14.3 Å². The zero-order valence-electron chi connectivity index (χ0n) is 14.0. The molecule has 0 radical (unpaired) electrons. The Hall–Kier alpha value is -2.47. The van der Waals surface area contributed by atoms with Gasteiger partial charge in [0.15, 0.2) is 0 Å². The maximum atomic E-state index is 14.1. The molecule has 3 N–H and O–H groups in total. The fraction of sp³-hybridized carbons (Fsp3) is 0.368. The third kappa shape index (κ3) is 3.64. The van der Waals surface area contributed by atoms with E-state index in [9.17, 15) is 14.3 Å². The largest absolute Gasteiger partial charge is 0.396 e. The Labute approximate surface area is 146 Å². The average Bonchev–Trinajstić information content (AvgIpc) is 2.64. The zero-order valence-corrected chi connectivity index (χ0v) is 14.0. The Morgan fingerprint density at radius 1 is 1.32 bits per heavy atom. The number of nitrogens with zero attached hydrogens (tertiary/aromatic N) is 2. The second-order valence-electron chi connectivity index (χ2n) is 6.69. The fourth-order valence-electron chi connectivity index (χ4n) is 3.60. The number of aliphatic hydroxyl groups excluding tert-OH is 1. The number of aromatic nitrogens is 1. The molecule has 1 aliphatic rings. The number of halogens is 1. The average molecular weight is 343 g/mol. The quantitative estimate of drug-likeness (QED) is 0.872. The van der Waals surface area contributed by atoms with E-state index in [1.807, 2.05) is 4.90 Å². The molecule has 25 heavy (non-hydrogen) atoms. The lowest BCUT2D eigenvalue weighted by Crippen LogP contribution is -2.47. The molecule has 1 atom stereocenters. The summed E-state index contributed by atoms with van der Waals surface area (Å²) in [6.45, 7) is 1.15. The van der Waals surface area contributed by atoms with Crippen molar-refractivity contribution in [2.75, 3.05) is 24.6 Å². The van der Waals surface area contributed by atoms with Crippen molar-refractivity contribution in [3.63, 3.8) is 0 Å². The number of amides is 1. The highest BCUT2D eigenvalue weighted by atomic mass is 19.1. The molecular weight excluding hydrogens is 321 g/mol. The highest BCUT2D eigenvalue weighted by Gasteiger charge is 2.37. The van der Waals surface area contributed by atoms with E-state index in [4.69, 9.17) is 5.73 Å². The second-order valence-corrected chi connectivity index (χ2v) is 6.69. The van der Waals surface area contributed by atoms with Crippen LogP contribution < -0.4 is 10.6 Å². The Bertz CT molecular complexity index is 768. The van der Waals surface area contributed by atoms with Crippen LogP contribution in [0.2, 0.25) is 0 Å². The van der Waals surface area contributed by atoms with Gasteiger partial charge < -0.3 is 15.7 Å². The minimum absolute atomic E-state index is 0.0590. The van der Waals surface area contributed by atoms with E-state index in [-0.39, 0.29) is 12.4 Å². The monoisotopic (exact) mass is 343 g/mol. The van der Waals surface area contributed by atoms with E-state index in [1.54, 1.807) is 36.5 Å². The summed E-state index contributed by atoms with van der Waals surface area (Å²) in [6, 6.07) is 9.97. The van der Waals surface area contributed by atoms with E-state index in [1.165, 1.54) is 6.07 Å². The first kappa shape index (κ1) is 17.4. The molecule has 1 fully saturated rings. The Morgan fingerprint density at radius 2 is 2.12 bits per heavy atom. The van der Waals surface area contributed by atoms with Crippen molar-refractivity contribution in [3.8, 4) is 0 Å². The summed E-state index contributed by atoms with van der Waals surface area (Å²) in [5.41, 5.74) is 5.94. The Balaban J connectivity index is 1.89. The van der Waals surface area contributed by atoms with E-state index < -0.39 is 11.3 Å². The molecule has 6 heteroatoms. The molecule has 3 rings (SSSR count). The Morgan fingerprint density at radius 3 is 2.84 bits per heavy atom. The number of aliphatic hydroxyl groups is 1. The molecular formula is C19H22FN3O2. The van der Waals surface area contributed by atoms with Crippen molar-refractivity contribution in [2.45, 2.75) is 19.3 Å². The lowest BCUT2D eigenvalue weighted by Gasteiger charge is -2.43. The number of nitrogens with two attached hydrogens (primary N) is 1. The number of hydrogen-bond donors (Lipinski definition) is 2. The van der Waals surface area contributed by atoms with Crippen LogP contribution in [0.5, 0.6) is 0 Å². The molecule has 1 aromatic heterocycles. The first-order chi connectivity index (χ1) is 12.0. The minimum atomic E-state index is -0.530. The van der Waals surface area contributed by atoms with Gasteiger partial charge in [0.1, 0.15) is 11.6 Å². The van der Waals surface area contributed by atoms with Crippen LogP contribution in [0.25, 0.3) is 0 Å². The molecule has 1 aliphatic heterocycles. The number of carbonyl (C=O) groups excluding carboxylic acids is 1. The number of anilines is 1.